The third-order valence-electron chi connectivity index (χ3n) is 3.23. The molecular formula is C12H26N2O2. The molecule has 1 heterocycles. The minimum Gasteiger partial charge on any atom is -0.383 e. The molecule has 96 valence electrons. The van der Waals surface area contributed by atoms with Crippen LogP contribution in [-0.2, 0) is 9.47 Å². The fourth-order valence-corrected chi connectivity index (χ4v) is 2.20. The Bertz CT molecular complexity index is 178. The Balaban J connectivity index is 2.24. The quantitative estimate of drug-likeness (QED) is 0.654. The Kier molecular flexibility index (Phi) is 6.96. The van der Waals surface area contributed by atoms with Crippen molar-refractivity contribution in [2.75, 3.05) is 46.6 Å². The molecule has 0 aliphatic carbocycles. The van der Waals surface area contributed by atoms with Gasteiger partial charge in [0.1, 0.15) is 0 Å². The van der Waals surface area contributed by atoms with Gasteiger partial charge in [-0.05, 0) is 13.3 Å². The van der Waals surface area contributed by atoms with Crippen molar-refractivity contribution >= 4 is 0 Å². The highest BCUT2D eigenvalue weighted by atomic mass is 16.5. The van der Waals surface area contributed by atoms with Gasteiger partial charge < -0.3 is 14.8 Å². The first-order chi connectivity index (χ1) is 7.79. The van der Waals surface area contributed by atoms with Crippen LogP contribution in [0, 0.1) is 0 Å². The second-order valence-corrected chi connectivity index (χ2v) is 4.42. The third-order valence-corrected chi connectivity index (χ3v) is 3.23. The van der Waals surface area contributed by atoms with Crippen molar-refractivity contribution in [3.8, 4) is 0 Å². The van der Waals surface area contributed by atoms with Crippen molar-refractivity contribution in [3.05, 3.63) is 0 Å². The summed E-state index contributed by atoms with van der Waals surface area (Å²) in [6.45, 7) is 10.1. The van der Waals surface area contributed by atoms with Gasteiger partial charge >= 0.3 is 0 Å². The lowest BCUT2D eigenvalue weighted by Gasteiger charge is -2.39. The van der Waals surface area contributed by atoms with Crippen molar-refractivity contribution in [3.63, 3.8) is 0 Å². The topological polar surface area (TPSA) is 33.7 Å². The Morgan fingerprint density at radius 1 is 1.56 bits per heavy atom. The molecule has 2 atom stereocenters. The fourth-order valence-electron chi connectivity index (χ4n) is 2.20. The number of methoxy groups -OCH3 is 1. The first kappa shape index (κ1) is 13.9. The zero-order valence-corrected chi connectivity index (χ0v) is 10.9. The molecule has 1 aliphatic heterocycles. The first-order valence-electron chi connectivity index (χ1n) is 6.32. The van der Waals surface area contributed by atoms with Crippen LogP contribution in [0.2, 0.25) is 0 Å². The Hall–Kier alpha value is -0.160. The van der Waals surface area contributed by atoms with Crippen molar-refractivity contribution in [2.24, 2.45) is 0 Å². The summed E-state index contributed by atoms with van der Waals surface area (Å²) in [7, 11) is 1.74. The van der Waals surface area contributed by atoms with E-state index >= 15 is 0 Å². The summed E-state index contributed by atoms with van der Waals surface area (Å²) >= 11 is 0. The van der Waals surface area contributed by atoms with Crippen molar-refractivity contribution < 1.29 is 9.47 Å². The molecule has 4 nitrogen and oxygen atoms in total. The van der Waals surface area contributed by atoms with E-state index in [1.165, 1.54) is 6.42 Å². The molecule has 0 spiro atoms. The average Bonchev–Trinajstić information content (AvgIpc) is 2.34. The van der Waals surface area contributed by atoms with Crippen LogP contribution in [0.4, 0.5) is 0 Å². The molecule has 0 saturated carbocycles. The van der Waals surface area contributed by atoms with Gasteiger partial charge in [-0.3, -0.25) is 4.90 Å². The van der Waals surface area contributed by atoms with Gasteiger partial charge in [-0.2, -0.15) is 0 Å². The van der Waals surface area contributed by atoms with Crippen LogP contribution in [0.15, 0.2) is 0 Å². The Morgan fingerprint density at radius 3 is 3.06 bits per heavy atom. The van der Waals surface area contributed by atoms with E-state index in [9.17, 15) is 0 Å². The standard InChI is InChI=1S/C12H26N2O2/c1-4-12-10-16-8-6-14(12)11(2)9-13-5-7-15-3/h11-13H,4-10H2,1-3H3. The number of hydrogen-bond acceptors (Lipinski definition) is 4. The number of nitrogens with one attached hydrogen (secondary N) is 1. The molecule has 0 bridgehead atoms. The molecule has 1 fully saturated rings. The van der Waals surface area contributed by atoms with Gasteiger partial charge in [0, 0.05) is 38.8 Å². The van der Waals surface area contributed by atoms with E-state index in [1.54, 1.807) is 7.11 Å². The zero-order chi connectivity index (χ0) is 11.8. The minimum atomic E-state index is 0.575. The number of hydrogen-bond donors (Lipinski definition) is 1. The molecular weight excluding hydrogens is 204 g/mol. The molecule has 16 heavy (non-hydrogen) atoms. The van der Waals surface area contributed by atoms with Gasteiger partial charge in [-0.1, -0.05) is 6.92 Å². The van der Waals surface area contributed by atoms with E-state index in [-0.39, 0.29) is 0 Å². The van der Waals surface area contributed by atoms with E-state index in [1.807, 2.05) is 0 Å². The number of ether oxygens (including phenoxy) is 2. The number of morpholine rings is 1. The summed E-state index contributed by atoms with van der Waals surface area (Å²) in [5.41, 5.74) is 0. The van der Waals surface area contributed by atoms with Crippen LogP contribution < -0.4 is 5.32 Å². The van der Waals surface area contributed by atoms with Gasteiger partial charge in [0.25, 0.3) is 0 Å². The van der Waals surface area contributed by atoms with Crippen LogP contribution in [-0.4, -0.2) is 63.5 Å². The average molecular weight is 230 g/mol. The third kappa shape index (κ3) is 4.37. The van der Waals surface area contributed by atoms with Crippen LogP contribution in [0.3, 0.4) is 0 Å². The predicted molar refractivity (Wildman–Crippen MR) is 65.8 cm³/mol. The maximum absolute atomic E-state index is 5.51. The highest BCUT2D eigenvalue weighted by molar-refractivity contribution is 4.79. The van der Waals surface area contributed by atoms with Crippen molar-refractivity contribution in [2.45, 2.75) is 32.4 Å². The van der Waals surface area contributed by atoms with Crippen LogP contribution >= 0.6 is 0 Å². The SMILES string of the molecule is CCC1COCCN1C(C)CNCCOC. The fraction of sp³-hybridized carbons (Fsp3) is 1.00. The molecule has 0 aromatic carbocycles. The molecule has 4 heteroatoms. The lowest BCUT2D eigenvalue weighted by molar-refractivity contribution is -0.0263. The summed E-state index contributed by atoms with van der Waals surface area (Å²) in [6, 6.07) is 1.17. The molecule has 2 unspecified atom stereocenters. The Labute approximate surface area is 99.3 Å². The first-order valence-corrected chi connectivity index (χ1v) is 6.32. The second kappa shape index (κ2) is 8.01. The molecule has 0 amide bonds. The number of nitrogens with zero attached hydrogens (tertiary/aromatic N) is 1. The van der Waals surface area contributed by atoms with E-state index in [0.29, 0.717) is 12.1 Å². The summed E-state index contributed by atoms with van der Waals surface area (Å²) in [5.74, 6) is 0. The summed E-state index contributed by atoms with van der Waals surface area (Å²) in [4.78, 5) is 2.56. The lowest BCUT2D eigenvalue weighted by Crippen LogP contribution is -2.52. The highest BCUT2D eigenvalue weighted by Crippen LogP contribution is 2.13. The number of rotatable bonds is 7. The van der Waals surface area contributed by atoms with Crippen molar-refractivity contribution in [1.82, 2.24) is 10.2 Å². The van der Waals surface area contributed by atoms with Gasteiger partial charge in [0.15, 0.2) is 0 Å². The maximum atomic E-state index is 5.51. The molecule has 0 radical (unpaired) electrons. The summed E-state index contributed by atoms with van der Waals surface area (Å²) < 4.78 is 10.5. The van der Waals surface area contributed by atoms with Crippen LogP contribution in [0.25, 0.3) is 0 Å². The van der Waals surface area contributed by atoms with Gasteiger partial charge in [0.05, 0.1) is 19.8 Å². The maximum Gasteiger partial charge on any atom is 0.0622 e. The van der Waals surface area contributed by atoms with Crippen molar-refractivity contribution in [1.29, 1.82) is 0 Å². The zero-order valence-electron chi connectivity index (χ0n) is 10.9. The monoisotopic (exact) mass is 230 g/mol. The van der Waals surface area contributed by atoms with E-state index < -0.39 is 0 Å². The molecule has 1 rings (SSSR count). The summed E-state index contributed by atoms with van der Waals surface area (Å²) in [5, 5.41) is 3.42. The van der Waals surface area contributed by atoms with Crippen LogP contribution in [0.5, 0.6) is 0 Å². The molecule has 1 aliphatic rings. The van der Waals surface area contributed by atoms with E-state index in [4.69, 9.17) is 9.47 Å². The predicted octanol–water partition coefficient (Wildman–Crippen LogP) is 0.722. The smallest absolute Gasteiger partial charge is 0.0622 e. The highest BCUT2D eigenvalue weighted by Gasteiger charge is 2.25. The van der Waals surface area contributed by atoms with E-state index in [0.717, 1.165) is 39.5 Å². The second-order valence-electron chi connectivity index (χ2n) is 4.42. The Morgan fingerprint density at radius 2 is 2.38 bits per heavy atom. The molecule has 0 aromatic heterocycles. The molecule has 1 N–H and O–H groups in total. The van der Waals surface area contributed by atoms with Gasteiger partial charge in [-0.15, -0.1) is 0 Å². The normalized spacial score (nSPS) is 24.6. The van der Waals surface area contributed by atoms with E-state index in [2.05, 4.69) is 24.1 Å². The lowest BCUT2D eigenvalue weighted by atomic mass is 10.1. The van der Waals surface area contributed by atoms with Gasteiger partial charge in [-0.25, -0.2) is 0 Å². The molecule has 1 saturated heterocycles. The summed E-state index contributed by atoms with van der Waals surface area (Å²) in [6.07, 6.45) is 1.17. The molecule has 0 aromatic rings. The van der Waals surface area contributed by atoms with Gasteiger partial charge in [0.2, 0.25) is 0 Å². The van der Waals surface area contributed by atoms with Crippen LogP contribution in [0.1, 0.15) is 20.3 Å². The largest absolute Gasteiger partial charge is 0.383 e. The minimum absolute atomic E-state index is 0.575.